The van der Waals surface area contributed by atoms with Gasteiger partial charge in [-0.1, -0.05) is 6.07 Å². The summed E-state index contributed by atoms with van der Waals surface area (Å²) in [5.74, 6) is 2.61. The number of hydrogen-bond donors (Lipinski definition) is 0. The van der Waals surface area contributed by atoms with Gasteiger partial charge in [-0.25, -0.2) is 0 Å². The Hall–Kier alpha value is -1.18. The third kappa shape index (κ3) is 2.66. The van der Waals surface area contributed by atoms with E-state index in [1.54, 1.807) is 0 Å². The van der Waals surface area contributed by atoms with Gasteiger partial charge in [0.2, 0.25) is 0 Å². The Labute approximate surface area is 84.8 Å². The summed E-state index contributed by atoms with van der Waals surface area (Å²) >= 11 is 0. The van der Waals surface area contributed by atoms with Gasteiger partial charge in [0.15, 0.2) is 0 Å². The van der Waals surface area contributed by atoms with E-state index in [9.17, 15) is 0 Å². The van der Waals surface area contributed by atoms with E-state index in [1.807, 2.05) is 31.2 Å². The van der Waals surface area contributed by atoms with Crippen LogP contribution in [0.4, 0.5) is 0 Å². The predicted octanol–water partition coefficient (Wildman–Crippen LogP) is 2.87. The molecule has 0 saturated heterocycles. The molecule has 1 aromatic carbocycles. The molecule has 1 fully saturated rings. The van der Waals surface area contributed by atoms with Crippen molar-refractivity contribution < 1.29 is 9.47 Å². The molecule has 0 radical (unpaired) electrons. The molecule has 2 heteroatoms. The monoisotopic (exact) mass is 192 g/mol. The summed E-state index contributed by atoms with van der Waals surface area (Å²) in [4.78, 5) is 0. The minimum Gasteiger partial charge on any atom is -0.494 e. The van der Waals surface area contributed by atoms with Gasteiger partial charge in [-0.3, -0.25) is 0 Å². The highest BCUT2D eigenvalue weighted by Crippen LogP contribution is 2.30. The van der Waals surface area contributed by atoms with Crippen LogP contribution in [-0.2, 0) is 0 Å². The first-order valence-corrected chi connectivity index (χ1v) is 5.24. The van der Waals surface area contributed by atoms with E-state index >= 15 is 0 Å². The molecule has 0 atom stereocenters. The lowest BCUT2D eigenvalue weighted by molar-refractivity contribution is 0.294. The molecule has 2 nitrogen and oxygen atoms in total. The van der Waals surface area contributed by atoms with Gasteiger partial charge in [-0.05, 0) is 37.8 Å². The molecule has 0 bridgehead atoms. The molecule has 1 saturated carbocycles. The van der Waals surface area contributed by atoms with Gasteiger partial charge < -0.3 is 9.47 Å². The molecule has 1 aliphatic carbocycles. The summed E-state index contributed by atoms with van der Waals surface area (Å²) in [5, 5.41) is 0. The topological polar surface area (TPSA) is 18.5 Å². The van der Waals surface area contributed by atoms with Crippen LogP contribution >= 0.6 is 0 Å². The average molecular weight is 192 g/mol. The summed E-state index contributed by atoms with van der Waals surface area (Å²) in [6.07, 6.45) is 2.65. The van der Waals surface area contributed by atoms with Crippen molar-refractivity contribution >= 4 is 0 Å². The highest BCUT2D eigenvalue weighted by atomic mass is 16.5. The van der Waals surface area contributed by atoms with E-state index in [4.69, 9.17) is 9.47 Å². The summed E-state index contributed by atoms with van der Waals surface area (Å²) < 4.78 is 11.0. The second-order valence-corrected chi connectivity index (χ2v) is 3.66. The Bertz CT molecular complexity index is 292. The molecule has 0 aliphatic heterocycles. The average Bonchev–Trinajstić information content (AvgIpc) is 2.99. The Kier molecular flexibility index (Phi) is 2.92. The first-order chi connectivity index (χ1) is 6.88. The smallest absolute Gasteiger partial charge is 0.122 e. The van der Waals surface area contributed by atoms with Crippen LogP contribution in [0.25, 0.3) is 0 Å². The molecule has 2 rings (SSSR count). The van der Waals surface area contributed by atoms with Gasteiger partial charge in [0.05, 0.1) is 13.2 Å². The highest BCUT2D eigenvalue weighted by molar-refractivity contribution is 5.32. The Morgan fingerprint density at radius 2 is 1.93 bits per heavy atom. The van der Waals surface area contributed by atoms with E-state index in [0.29, 0.717) is 6.61 Å². The van der Waals surface area contributed by atoms with Crippen molar-refractivity contribution in [3.8, 4) is 11.5 Å². The predicted molar refractivity (Wildman–Crippen MR) is 55.8 cm³/mol. The number of benzene rings is 1. The Morgan fingerprint density at radius 3 is 2.57 bits per heavy atom. The van der Waals surface area contributed by atoms with Crippen molar-refractivity contribution in [2.75, 3.05) is 13.2 Å². The van der Waals surface area contributed by atoms with Crippen LogP contribution in [-0.4, -0.2) is 13.2 Å². The molecule has 1 aliphatic rings. The zero-order valence-electron chi connectivity index (χ0n) is 8.53. The Morgan fingerprint density at radius 1 is 1.21 bits per heavy atom. The first-order valence-electron chi connectivity index (χ1n) is 5.24. The molecule has 0 N–H and O–H groups in total. The molecule has 14 heavy (non-hydrogen) atoms. The van der Waals surface area contributed by atoms with Crippen LogP contribution < -0.4 is 9.47 Å². The molecule has 76 valence electrons. The summed E-state index contributed by atoms with van der Waals surface area (Å²) in [6, 6.07) is 7.84. The zero-order valence-corrected chi connectivity index (χ0v) is 8.53. The maximum Gasteiger partial charge on any atom is 0.122 e. The fraction of sp³-hybridized carbons (Fsp3) is 0.500. The van der Waals surface area contributed by atoms with Crippen LogP contribution in [0.15, 0.2) is 24.3 Å². The SMILES string of the molecule is CCOc1cccc(OCC2CC2)c1. The summed E-state index contributed by atoms with van der Waals surface area (Å²) in [6.45, 7) is 3.54. The van der Waals surface area contributed by atoms with E-state index in [1.165, 1.54) is 12.8 Å². The summed E-state index contributed by atoms with van der Waals surface area (Å²) in [7, 11) is 0. The van der Waals surface area contributed by atoms with Crippen LogP contribution in [0, 0.1) is 5.92 Å². The molecule has 1 aromatic rings. The standard InChI is InChI=1S/C12H16O2/c1-2-13-11-4-3-5-12(8-11)14-9-10-6-7-10/h3-5,8,10H,2,6-7,9H2,1H3. The lowest BCUT2D eigenvalue weighted by Crippen LogP contribution is -1.99. The number of rotatable bonds is 5. The molecule has 0 aromatic heterocycles. The second-order valence-electron chi connectivity index (χ2n) is 3.66. The molecular formula is C12H16O2. The first kappa shape index (κ1) is 9.38. The number of ether oxygens (including phenoxy) is 2. The minimum atomic E-state index is 0.700. The minimum absolute atomic E-state index is 0.700. The molecule has 0 heterocycles. The second kappa shape index (κ2) is 4.36. The molecule has 0 spiro atoms. The maximum atomic E-state index is 5.64. The van der Waals surface area contributed by atoms with Gasteiger partial charge in [0, 0.05) is 6.07 Å². The van der Waals surface area contributed by atoms with E-state index < -0.39 is 0 Å². The largest absolute Gasteiger partial charge is 0.494 e. The molecular weight excluding hydrogens is 176 g/mol. The van der Waals surface area contributed by atoms with Crippen molar-refractivity contribution in [1.82, 2.24) is 0 Å². The molecule has 0 unspecified atom stereocenters. The van der Waals surface area contributed by atoms with Gasteiger partial charge in [0.1, 0.15) is 11.5 Å². The maximum absolute atomic E-state index is 5.64. The van der Waals surface area contributed by atoms with Crippen LogP contribution in [0.3, 0.4) is 0 Å². The van der Waals surface area contributed by atoms with Gasteiger partial charge in [0.25, 0.3) is 0 Å². The van der Waals surface area contributed by atoms with E-state index in [-0.39, 0.29) is 0 Å². The third-order valence-electron chi connectivity index (χ3n) is 2.30. The Balaban J connectivity index is 1.90. The third-order valence-corrected chi connectivity index (χ3v) is 2.30. The van der Waals surface area contributed by atoms with Crippen molar-refractivity contribution in [3.05, 3.63) is 24.3 Å². The van der Waals surface area contributed by atoms with Crippen molar-refractivity contribution in [3.63, 3.8) is 0 Å². The summed E-state index contributed by atoms with van der Waals surface area (Å²) in [5.41, 5.74) is 0. The number of hydrogen-bond acceptors (Lipinski definition) is 2. The van der Waals surface area contributed by atoms with Gasteiger partial charge in [-0.15, -0.1) is 0 Å². The van der Waals surface area contributed by atoms with Crippen molar-refractivity contribution in [2.24, 2.45) is 5.92 Å². The van der Waals surface area contributed by atoms with E-state index in [0.717, 1.165) is 24.0 Å². The van der Waals surface area contributed by atoms with Crippen LogP contribution in [0.5, 0.6) is 11.5 Å². The highest BCUT2D eigenvalue weighted by Gasteiger charge is 2.21. The van der Waals surface area contributed by atoms with Gasteiger partial charge >= 0.3 is 0 Å². The van der Waals surface area contributed by atoms with E-state index in [2.05, 4.69) is 0 Å². The molecule has 0 amide bonds. The van der Waals surface area contributed by atoms with Crippen LogP contribution in [0.2, 0.25) is 0 Å². The van der Waals surface area contributed by atoms with Crippen molar-refractivity contribution in [2.45, 2.75) is 19.8 Å². The van der Waals surface area contributed by atoms with Gasteiger partial charge in [-0.2, -0.15) is 0 Å². The lowest BCUT2D eigenvalue weighted by atomic mass is 10.3. The zero-order chi connectivity index (χ0) is 9.80. The lowest BCUT2D eigenvalue weighted by Gasteiger charge is -2.07. The fourth-order valence-electron chi connectivity index (χ4n) is 1.32. The van der Waals surface area contributed by atoms with Crippen molar-refractivity contribution in [1.29, 1.82) is 0 Å². The fourth-order valence-corrected chi connectivity index (χ4v) is 1.32. The van der Waals surface area contributed by atoms with Crippen LogP contribution in [0.1, 0.15) is 19.8 Å². The normalized spacial score (nSPS) is 15.2. The quantitative estimate of drug-likeness (QED) is 0.714.